The molecule has 9 heteroatoms. The molecule has 140 valence electrons. The van der Waals surface area contributed by atoms with Gasteiger partial charge in [0.05, 0.1) is 6.04 Å². The number of carbonyl (C=O) groups excluding carboxylic acids is 1. The lowest BCUT2D eigenvalue weighted by Gasteiger charge is -2.23. The second kappa shape index (κ2) is 7.43. The lowest BCUT2D eigenvalue weighted by molar-refractivity contribution is -0.122. The molecule has 0 fully saturated rings. The third-order valence-corrected chi connectivity index (χ3v) is 5.13. The van der Waals surface area contributed by atoms with Crippen LogP contribution in [-0.4, -0.2) is 35.4 Å². The normalized spacial score (nSPS) is 16.1. The van der Waals surface area contributed by atoms with Gasteiger partial charge < -0.3 is 9.88 Å². The van der Waals surface area contributed by atoms with E-state index < -0.39 is 0 Å². The summed E-state index contributed by atoms with van der Waals surface area (Å²) in [4.78, 5) is 12.5. The van der Waals surface area contributed by atoms with Crippen molar-refractivity contribution < 1.29 is 4.79 Å². The predicted molar refractivity (Wildman–Crippen MR) is 102 cm³/mol. The number of H-pyrrole nitrogens is 1. The van der Waals surface area contributed by atoms with Crippen LogP contribution in [0.2, 0.25) is 0 Å². The average molecular weight is 383 g/mol. The maximum atomic E-state index is 12.5. The summed E-state index contributed by atoms with van der Waals surface area (Å²) < 4.78 is 4.37. The van der Waals surface area contributed by atoms with Gasteiger partial charge in [0.1, 0.15) is 6.33 Å². The van der Waals surface area contributed by atoms with Crippen molar-refractivity contribution in [3.8, 4) is 11.4 Å². The van der Waals surface area contributed by atoms with Crippen molar-refractivity contribution in [2.75, 3.05) is 0 Å². The molecule has 3 heterocycles. The van der Waals surface area contributed by atoms with Gasteiger partial charge in [-0.25, -0.2) is 0 Å². The SMILES string of the molecule is Cc1ccc(-c2n[nH]c(=S)n2CCC(=O)NC2CCCn3cnnc32)cc1. The molecule has 0 radical (unpaired) electrons. The molecule has 0 spiro atoms. The van der Waals surface area contributed by atoms with E-state index in [-0.39, 0.29) is 11.9 Å². The Labute approximate surface area is 161 Å². The number of nitrogens with one attached hydrogen (secondary N) is 2. The van der Waals surface area contributed by atoms with Gasteiger partial charge in [0.2, 0.25) is 5.91 Å². The molecule has 1 aliphatic rings. The number of aromatic nitrogens is 6. The second-order valence-electron chi connectivity index (χ2n) is 6.76. The minimum absolute atomic E-state index is 0.0330. The van der Waals surface area contributed by atoms with Crippen molar-refractivity contribution in [1.82, 2.24) is 34.8 Å². The van der Waals surface area contributed by atoms with E-state index in [1.165, 1.54) is 5.56 Å². The fourth-order valence-corrected chi connectivity index (χ4v) is 3.59. The fraction of sp³-hybridized carbons (Fsp3) is 0.389. The maximum absolute atomic E-state index is 12.5. The van der Waals surface area contributed by atoms with Crippen molar-refractivity contribution in [2.24, 2.45) is 0 Å². The van der Waals surface area contributed by atoms with Gasteiger partial charge in [0.25, 0.3) is 0 Å². The quantitative estimate of drug-likeness (QED) is 0.661. The topological polar surface area (TPSA) is 93.4 Å². The Hall–Kier alpha value is -2.81. The molecule has 8 nitrogen and oxygen atoms in total. The monoisotopic (exact) mass is 383 g/mol. The van der Waals surface area contributed by atoms with Crippen LogP contribution in [0.25, 0.3) is 11.4 Å². The summed E-state index contributed by atoms with van der Waals surface area (Å²) in [6, 6.07) is 7.99. The summed E-state index contributed by atoms with van der Waals surface area (Å²) in [5.74, 6) is 1.54. The number of nitrogens with zero attached hydrogens (tertiary/aromatic N) is 5. The number of carbonyl (C=O) groups is 1. The molecule has 4 rings (SSSR count). The Bertz CT molecular complexity index is 1000. The van der Waals surface area contributed by atoms with Crippen LogP contribution in [0.5, 0.6) is 0 Å². The number of fused-ring (bicyclic) bond motifs is 1. The zero-order valence-corrected chi connectivity index (χ0v) is 15.9. The van der Waals surface area contributed by atoms with Gasteiger partial charge in [-0.05, 0) is 32.0 Å². The van der Waals surface area contributed by atoms with Gasteiger partial charge >= 0.3 is 0 Å². The van der Waals surface area contributed by atoms with E-state index >= 15 is 0 Å². The van der Waals surface area contributed by atoms with Crippen LogP contribution in [-0.2, 0) is 17.9 Å². The summed E-state index contributed by atoms with van der Waals surface area (Å²) in [7, 11) is 0. The predicted octanol–water partition coefficient (Wildman–Crippen LogP) is 2.55. The number of amides is 1. The Morgan fingerprint density at radius 1 is 1.37 bits per heavy atom. The van der Waals surface area contributed by atoms with E-state index in [0.29, 0.717) is 17.7 Å². The summed E-state index contributed by atoms with van der Waals surface area (Å²) in [6.07, 6.45) is 3.91. The fourth-order valence-electron chi connectivity index (χ4n) is 3.37. The molecule has 1 atom stereocenters. The van der Waals surface area contributed by atoms with Crippen molar-refractivity contribution in [2.45, 2.75) is 45.3 Å². The molecular weight excluding hydrogens is 362 g/mol. The Balaban J connectivity index is 1.44. The van der Waals surface area contributed by atoms with Crippen LogP contribution in [0.4, 0.5) is 0 Å². The molecule has 1 aliphatic heterocycles. The number of hydrogen-bond donors (Lipinski definition) is 2. The lowest BCUT2D eigenvalue weighted by atomic mass is 10.1. The molecule has 1 unspecified atom stereocenters. The summed E-state index contributed by atoms with van der Waals surface area (Å²) >= 11 is 5.34. The number of benzene rings is 1. The van der Waals surface area contributed by atoms with Crippen molar-refractivity contribution >= 4 is 18.1 Å². The first-order valence-corrected chi connectivity index (χ1v) is 9.42. The Morgan fingerprint density at radius 2 is 2.19 bits per heavy atom. The zero-order chi connectivity index (χ0) is 18.8. The van der Waals surface area contributed by atoms with E-state index in [2.05, 4.69) is 25.7 Å². The highest BCUT2D eigenvalue weighted by molar-refractivity contribution is 7.71. The lowest BCUT2D eigenvalue weighted by Crippen LogP contribution is -2.33. The van der Waals surface area contributed by atoms with Gasteiger partial charge in [0.15, 0.2) is 16.4 Å². The summed E-state index contributed by atoms with van der Waals surface area (Å²) in [6.45, 7) is 3.40. The third kappa shape index (κ3) is 3.68. The smallest absolute Gasteiger partial charge is 0.222 e. The number of hydrogen-bond acceptors (Lipinski definition) is 5. The minimum Gasteiger partial charge on any atom is -0.346 e. The molecule has 1 aromatic carbocycles. The highest BCUT2D eigenvalue weighted by Crippen LogP contribution is 2.23. The Morgan fingerprint density at radius 3 is 3.00 bits per heavy atom. The average Bonchev–Trinajstić information content (AvgIpc) is 3.28. The molecule has 27 heavy (non-hydrogen) atoms. The van der Waals surface area contributed by atoms with Gasteiger partial charge in [-0.1, -0.05) is 29.8 Å². The summed E-state index contributed by atoms with van der Waals surface area (Å²) in [5, 5.41) is 18.3. The van der Waals surface area contributed by atoms with Crippen molar-refractivity contribution in [1.29, 1.82) is 0 Å². The number of aryl methyl sites for hydroxylation is 2. The molecule has 1 amide bonds. The first-order chi connectivity index (χ1) is 13.1. The first-order valence-electron chi connectivity index (χ1n) is 9.01. The van der Waals surface area contributed by atoms with E-state index in [9.17, 15) is 4.79 Å². The molecular formula is C18H21N7OS. The minimum atomic E-state index is -0.0809. The highest BCUT2D eigenvalue weighted by Gasteiger charge is 2.23. The van der Waals surface area contributed by atoms with Crippen LogP contribution in [0, 0.1) is 11.7 Å². The standard InChI is InChI=1S/C18H21N7OS/c1-12-4-6-13(7-5-12)16-22-23-18(27)25(16)10-8-15(26)20-14-3-2-9-24-11-19-21-17(14)24/h4-7,11,14H,2-3,8-10H2,1H3,(H,20,26)(H,23,27). The van der Waals surface area contributed by atoms with Gasteiger partial charge in [-0.15, -0.1) is 10.2 Å². The van der Waals surface area contributed by atoms with Crippen molar-refractivity contribution in [3.63, 3.8) is 0 Å². The molecule has 3 aromatic rings. The number of rotatable bonds is 5. The molecule has 0 saturated carbocycles. The molecule has 0 bridgehead atoms. The third-order valence-electron chi connectivity index (χ3n) is 4.81. The second-order valence-corrected chi connectivity index (χ2v) is 7.15. The van der Waals surface area contributed by atoms with Gasteiger partial charge in [0, 0.05) is 25.1 Å². The Kier molecular flexibility index (Phi) is 4.85. The largest absolute Gasteiger partial charge is 0.346 e. The van der Waals surface area contributed by atoms with E-state index in [0.717, 1.165) is 36.6 Å². The van der Waals surface area contributed by atoms with Crippen LogP contribution < -0.4 is 5.32 Å². The highest BCUT2D eigenvalue weighted by atomic mass is 32.1. The zero-order valence-electron chi connectivity index (χ0n) is 15.1. The van der Waals surface area contributed by atoms with Crippen molar-refractivity contribution in [3.05, 3.63) is 46.8 Å². The molecule has 2 aromatic heterocycles. The van der Waals surface area contributed by atoms with Crippen LogP contribution in [0.1, 0.15) is 36.7 Å². The molecule has 2 N–H and O–H groups in total. The van der Waals surface area contributed by atoms with Gasteiger partial charge in [-0.2, -0.15) is 5.10 Å². The van der Waals surface area contributed by atoms with E-state index in [1.807, 2.05) is 40.3 Å². The molecule has 0 aliphatic carbocycles. The number of aromatic amines is 1. The van der Waals surface area contributed by atoms with Crippen LogP contribution in [0.15, 0.2) is 30.6 Å². The first kappa shape index (κ1) is 17.6. The van der Waals surface area contributed by atoms with Crippen LogP contribution >= 0.6 is 12.2 Å². The van der Waals surface area contributed by atoms with E-state index in [1.54, 1.807) is 6.33 Å². The van der Waals surface area contributed by atoms with Gasteiger partial charge in [-0.3, -0.25) is 14.5 Å². The summed E-state index contributed by atoms with van der Waals surface area (Å²) in [5.41, 5.74) is 2.15. The van der Waals surface area contributed by atoms with E-state index in [4.69, 9.17) is 12.2 Å². The molecule has 0 saturated heterocycles. The maximum Gasteiger partial charge on any atom is 0.222 e. The van der Waals surface area contributed by atoms with Crippen LogP contribution in [0.3, 0.4) is 0 Å².